The highest BCUT2D eigenvalue weighted by Crippen LogP contribution is 2.35. The number of hydrogen-bond acceptors (Lipinski definition) is 7. The van der Waals surface area contributed by atoms with Gasteiger partial charge in [-0.1, -0.05) is 0 Å². The Bertz CT molecular complexity index is 1200. The van der Waals surface area contributed by atoms with Crippen molar-refractivity contribution in [1.82, 2.24) is 9.97 Å². The van der Waals surface area contributed by atoms with Crippen molar-refractivity contribution < 1.29 is 28.1 Å². The largest absolute Gasteiger partial charge is 0.493 e. The molecule has 170 valence electrons. The molecule has 0 spiro atoms. The molecule has 33 heavy (non-hydrogen) atoms. The van der Waals surface area contributed by atoms with E-state index in [-0.39, 0.29) is 5.82 Å². The van der Waals surface area contributed by atoms with Crippen molar-refractivity contribution in [3.63, 3.8) is 0 Å². The van der Waals surface area contributed by atoms with Gasteiger partial charge >= 0.3 is 0 Å². The lowest BCUT2D eigenvalue weighted by molar-refractivity contribution is 0.247. The van der Waals surface area contributed by atoms with E-state index in [0.29, 0.717) is 65.2 Å². The third kappa shape index (κ3) is 5.60. The van der Waals surface area contributed by atoms with Crippen molar-refractivity contribution in [2.45, 2.75) is 6.42 Å². The molecule has 0 saturated heterocycles. The number of fused-ring (bicyclic) bond motifs is 1. The van der Waals surface area contributed by atoms with Crippen molar-refractivity contribution in [3.05, 3.63) is 72.8 Å². The van der Waals surface area contributed by atoms with Gasteiger partial charge in [-0.3, -0.25) is 0 Å². The maximum absolute atomic E-state index is 12.9. The molecular weight excluding hydrogens is 427 g/mol. The number of benzene rings is 3. The second-order valence-corrected chi connectivity index (χ2v) is 6.98. The molecule has 4 aromatic rings. The van der Waals surface area contributed by atoms with Gasteiger partial charge in [0, 0.05) is 12.5 Å². The van der Waals surface area contributed by atoms with Gasteiger partial charge < -0.3 is 23.7 Å². The molecule has 0 bridgehead atoms. The monoisotopic (exact) mass is 450 g/mol. The van der Waals surface area contributed by atoms with Gasteiger partial charge in [-0.05, 0) is 54.6 Å². The van der Waals surface area contributed by atoms with Gasteiger partial charge in [0.1, 0.15) is 29.4 Å². The Kier molecular flexibility index (Phi) is 7.04. The standard InChI is InChI=1S/C25H23FN2O5/c1-29-23-14-21-22(15-24(23)30-2)27-16-28-25(21)33-20-10-8-19(9-11-20)32-13-3-12-31-18-6-4-17(26)5-7-18/h4-11,14-16H,3,12-13H2,1-2H3. The first-order valence-corrected chi connectivity index (χ1v) is 10.3. The zero-order valence-corrected chi connectivity index (χ0v) is 18.3. The first-order valence-electron chi connectivity index (χ1n) is 10.3. The zero-order chi connectivity index (χ0) is 23.0. The average molecular weight is 450 g/mol. The summed E-state index contributed by atoms with van der Waals surface area (Å²) in [7, 11) is 3.14. The SMILES string of the molecule is COc1cc2ncnc(Oc3ccc(OCCCOc4ccc(F)cc4)cc3)c2cc1OC. The second-order valence-electron chi connectivity index (χ2n) is 6.98. The van der Waals surface area contributed by atoms with Gasteiger partial charge in [-0.2, -0.15) is 0 Å². The molecule has 1 aromatic heterocycles. The van der Waals surface area contributed by atoms with Crippen LogP contribution in [0.1, 0.15) is 6.42 Å². The maximum atomic E-state index is 12.9. The van der Waals surface area contributed by atoms with E-state index < -0.39 is 0 Å². The Balaban J connectivity index is 1.33. The minimum absolute atomic E-state index is 0.286. The molecule has 0 fully saturated rings. The van der Waals surface area contributed by atoms with Crippen molar-refractivity contribution in [2.75, 3.05) is 27.4 Å². The summed E-state index contributed by atoms with van der Waals surface area (Å²) in [4.78, 5) is 8.54. The highest BCUT2D eigenvalue weighted by molar-refractivity contribution is 5.87. The molecule has 0 unspecified atom stereocenters. The summed E-state index contributed by atoms with van der Waals surface area (Å²) in [5, 5.41) is 0.705. The van der Waals surface area contributed by atoms with Crippen molar-refractivity contribution >= 4 is 10.9 Å². The van der Waals surface area contributed by atoms with E-state index in [1.54, 1.807) is 50.6 Å². The Labute approximate surface area is 190 Å². The van der Waals surface area contributed by atoms with Crippen LogP contribution in [0.5, 0.6) is 34.6 Å². The summed E-state index contributed by atoms with van der Waals surface area (Å²) < 4.78 is 40.9. The first-order chi connectivity index (χ1) is 16.2. The van der Waals surface area contributed by atoms with Crippen LogP contribution in [0.15, 0.2) is 67.0 Å². The first kappa shape index (κ1) is 22.1. The Hall–Kier alpha value is -4.07. The highest BCUT2D eigenvalue weighted by Gasteiger charge is 2.12. The number of methoxy groups -OCH3 is 2. The van der Waals surface area contributed by atoms with Gasteiger partial charge in [0.15, 0.2) is 11.5 Å². The van der Waals surface area contributed by atoms with Crippen LogP contribution in [0, 0.1) is 5.82 Å². The molecule has 0 aliphatic rings. The van der Waals surface area contributed by atoms with Gasteiger partial charge in [0.2, 0.25) is 5.88 Å². The molecule has 0 atom stereocenters. The molecule has 0 saturated carbocycles. The number of rotatable bonds is 10. The van der Waals surface area contributed by atoms with Crippen LogP contribution in [0.4, 0.5) is 4.39 Å². The topological polar surface area (TPSA) is 71.9 Å². The van der Waals surface area contributed by atoms with Crippen LogP contribution in [-0.4, -0.2) is 37.4 Å². The second kappa shape index (κ2) is 10.5. The van der Waals surface area contributed by atoms with Crippen LogP contribution in [0.25, 0.3) is 10.9 Å². The molecule has 3 aromatic carbocycles. The summed E-state index contributed by atoms with van der Waals surface area (Å²) in [5.74, 6) is 3.22. The highest BCUT2D eigenvalue weighted by atomic mass is 19.1. The van der Waals surface area contributed by atoms with E-state index in [9.17, 15) is 4.39 Å². The van der Waals surface area contributed by atoms with E-state index >= 15 is 0 Å². The summed E-state index contributed by atoms with van der Waals surface area (Å²) in [5.41, 5.74) is 0.681. The molecule has 7 nitrogen and oxygen atoms in total. The molecule has 4 rings (SSSR count). The lowest BCUT2D eigenvalue weighted by Crippen LogP contribution is -2.05. The normalized spacial score (nSPS) is 10.6. The van der Waals surface area contributed by atoms with Crippen LogP contribution >= 0.6 is 0 Å². The van der Waals surface area contributed by atoms with Gasteiger partial charge in [0.25, 0.3) is 0 Å². The van der Waals surface area contributed by atoms with E-state index in [1.807, 2.05) is 12.1 Å². The van der Waals surface area contributed by atoms with Crippen LogP contribution in [0.2, 0.25) is 0 Å². The van der Waals surface area contributed by atoms with E-state index in [1.165, 1.54) is 18.5 Å². The molecule has 1 heterocycles. The molecule has 8 heteroatoms. The summed E-state index contributed by atoms with van der Waals surface area (Å²) in [6, 6.07) is 16.8. The summed E-state index contributed by atoms with van der Waals surface area (Å²) in [6.07, 6.45) is 2.13. The minimum atomic E-state index is -0.286. The van der Waals surface area contributed by atoms with E-state index in [2.05, 4.69) is 9.97 Å². The third-order valence-corrected chi connectivity index (χ3v) is 4.78. The van der Waals surface area contributed by atoms with Gasteiger partial charge in [0.05, 0.1) is 38.3 Å². The fraction of sp³-hybridized carbons (Fsp3) is 0.200. The Morgan fingerprint density at radius 2 is 1.30 bits per heavy atom. The summed E-state index contributed by atoms with van der Waals surface area (Å²) >= 11 is 0. The predicted molar refractivity (Wildman–Crippen MR) is 121 cm³/mol. The van der Waals surface area contributed by atoms with Crippen LogP contribution in [0.3, 0.4) is 0 Å². The smallest absolute Gasteiger partial charge is 0.230 e. The van der Waals surface area contributed by atoms with Crippen molar-refractivity contribution in [2.24, 2.45) is 0 Å². The molecule has 0 aliphatic heterocycles. The Morgan fingerprint density at radius 3 is 1.94 bits per heavy atom. The molecule has 0 aliphatic carbocycles. The molecular formula is C25H23FN2O5. The maximum Gasteiger partial charge on any atom is 0.230 e. The van der Waals surface area contributed by atoms with Crippen LogP contribution in [-0.2, 0) is 0 Å². The quantitative estimate of drug-likeness (QED) is 0.299. The third-order valence-electron chi connectivity index (χ3n) is 4.78. The van der Waals surface area contributed by atoms with Crippen molar-refractivity contribution in [3.8, 4) is 34.6 Å². The predicted octanol–water partition coefficient (Wildman–Crippen LogP) is 5.43. The summed E-state index contributed by atoms with van der Waals surface area (Å²) in [6.45, 7) is 0.960. The number of nitrogens with zero attached hydrogens (tertiary/aromatic N) is 2. The van der Waals surface area contributed by atoms with E-state index in [0.717, 1.165) is 0 Å². The minimum Gasteiger partial charge on any atom is -0.493 e. The van der Waals surface area contributed by atoms with Gasteiger partial charge in [-0.15, -0.1) is 0 Å². The molecule has 0 N–H and O–H groups in total. The lowest BCUT2D eigenvalue weighted by Gasteiger charge is -2.12. The van der Waals surface area contributed by atoms with Crippen LogP contribution < -0.4 is 23.7 Å². The number of ether oxygens (including phenoxy) is 5. The molecule has 0 amide bonds. The molecule has 0 radical (unpaired) electrons. The number of aromatic nitrogens is 2. The fourth-order valence-electron chi connectivity index (χ4n) is 3.13. The van der Waals surface area contributed by atoms with Gasteiger partial charge in [-0.25, -0.2) is 14.4 Å². The van der Waals surface area contributed by atoms with Crippen molar-refractivity contribution in [1.29, 1.82) is 0 Å². The number of halogens is 1. The zero-order valence-electron chi connectivity index (χ0n) is 18.3. The Morgan fingerprint density at radius 1 is 0.727 bits per heavy atom. The number of hydrogen-bond donors (Lipinski definition) is 0. The van der Waals surface area contributed by atoms with E-state index in [4.69, 9.17) is 23.7 Å². The average Bonchev–Trinajstić information content (AvgIpc) is 2.85. The fourth-order valence-corrected chi connectivity index (χ4v) is 3.13. The lowest BCUT2D eigenvalue weighted by atomic mass is 10.2.